The molecule has 1 fully saturated rings. The zero-order valence-corrected chi connectivity index (χ0v) is 11.4. The third kappa shape index (κ3) is 2.76. The molecule has 1 N–H and O–H groups in total. The summed E-state index contributed by atoms with van der Waals surface area (Å²) in [4.78, 5) is 0. The van der Waals surface area contributed by atoms with Gasteiger partial charge in [-0.3, -0.25) is 0 Å². The normalized spacial score (nSPS) is 35.8. The van der Waals surface area contributed by atoms with E-state index in [-0.39, 0.29) is 11.5 Å². The largest absolute Gasteiger partial charge is 0.379 e. The van der Waals surface area contributed by atoms with E-state index in [1.54, 1.807) is 0 Å². The Hall–Kier alpha value is -0.120. The first-order valence-corrected chi connectivity index (χ1v) is 6.48. The first-order valence-electron chi connectivity index (χ1n) is 6.48. The molecule has 96 valence electrons. The first-order chi connectivity index (χ1) is 7.58. The minimum atomic E-state index is 0.202. The average molecular weight is 229 g/mol. The van der Waals surface area contributed by atoms with Crippen LogP contribution in [0.2, 0.25) is 0 Å². The molecule has 0 spiro atoms. The van der Waals surface area contributed by atoms with Crippen molar-refractivity contribution in [1.82, 2.24) is 5.32 Å². The zero-order chi connectivity index (χ0) is 12.2. The molecule has 0 aromatic carbocycles. The van der Waals surface area contributed by atoms with Crippen LogP contribution in [0, 0.1) is 5.41 Å². The Kier molecular flexibility index (Phi) is 5.22. The van der Waals surface area contributed by atoms with Gasteiger partial charge >= 0.3 is 0 Å². The topological polar surface area (TPSA) is 30.5 Å². The van der Waals surface area contributed by atoms with E-state index >= 15 is 0 Å². The first kappa shape index (κ1) is 13.9. The van der Waals surface area contributed by atoms with Crippen LogP contribution in [0.5, 0.6) is 0 Å². The molecule has 16 heavy (non-hydrogen) atoms. The van der Waals surface area contributed by atoms with Crippen molar-refractivity contribution in [2.45, 2.75) is 58.8 Å². The maximum atomic E-state index is 6.06. The van der Waals surface area contributed by atoms with E-state index in [1.165, 1.54) is 0 Å². The minimum Gasteiger partial charge on any atom is -0.379 e. The van der Waals surface area contributed by atoms with E-state index in [4.69, 9.17) is 9.47 Å². The monoisotopic (exact) mass is 229 g/mol. The second kappa shape index (κ2) is 5.99. The van der Waals surface area contributed by atoms with Crippen LogP contribution < -0.4 is 5.32 Å². The van der Waals surface area contributed by atoms with E-state index < -0.39 is 0 Å². The quantitative estimate of drug-likeness (QED) is 0.726. The van der Waals surface area contributed by atoms with E-state index in [0.29, 0.717) is 18.8 Å². The molecule has 1 rings (SSSR count). The summed E-state index contributed by atoms with van der Waals surface area (Å²) in [5.41, 5.74) is 0.287. The van der Waals surface area contributed by atoms with E-state index in [0.717, 1.165) is 19.4 Å². The molecule has 0 radical (unpaired) electrons. The van der Waals surface area contributed by atoms with Crippen LogP contribution in [-0.4, -0.2) is 38.5 Å². The van der Waals surface area contributed by atoms with Gasteiger partial charge in [-0.15, -0.1) is 0 Å². The second-order valence-corrected chi connectivity index (χ2v) is 5.03. The van der Waals surface area contributed by atoms with E-state index in [1.807, 2.05) is 14.0 Å². The number of rotatable bonds is 7. The predicted molar refractivity (Wildman–Crippen MR) is 66.7 cm³/mol. The lowest BCUT2D eigenvalue weighted by Crippen LogP contribution is -2.62. The highest BCUT2D eigenvalue weighted by atomic mass is 16.5. The lowest BCUT2D eigenvalue weighted by Gasteiger charge is -2.54. The van der Waals surface area contributed by atoms with Crippen molar-refractivity contribution >= 4 is 0 Å². The molecule has 0 heterocycles. The lowest BCUT2D eigenvalue weighted by atomic mass is 9.61. The van der Waals surface area contributed by atoms with Gasteiger partial charge in [0.05, 0.1) is 18.8 Å². The fourth-order valence-corrected chi connectivity index (χ4v) is 2.55. The molecular weight excluding hydrogens is 202 g/mol. The van der Waals surface area contributed by atoms with Gasteiger partial charge in [0.15, 0.2) is 0 Å². The molecule has 0 aromatic heterocycles. The van der Waals surface area contributed by atoms with Gasteiger partial charge in [-0.05, 0) is 33.7 Å². The molecule has 0 amide bonds. The fraction of sp³-hybridized carbons (Fsp3) is 1.00. The van der Waals surface area contributed by atoms with Crippen molar-refractivity contribution in [1.29, 1.82) is 0 Å². The summed E-state index contributed by atoms with van der Waals surface area (Å²) < 4.78 is 11.4. The van der Waals surface area contributed by atoms with Gasteiger partial charge in [0.2, 0.25) is 0 Å². The smallest absolute Gasteiger partial charge is 0.0784 e. The molecule has 1 aliphatic rings. The van der Waals surface area contributed by atoms with Gasteiger partial charge in [0.1, 0.15) is 0 Å². The third-order valence-electron chi connectivity index (χ3n) is 4.04. The average Bonchev–Trinajstić information content (AvgIpc) is 2.30. The maximum Gasteiger partial charge on any atom is 0.0784 e. The highest BCUT2D eigenvalue weighted by Crippen LogP contribution is 2.46. The molecule has 0 aliphatic heterocycles. The van der Waals surface area contributed by atoms with Crippen LogP contribution >= 0.6 is 0 Å². The van der Waals surface area contributed by atoms with Crippen molar-refractivity contribution < 1.29 is 9.47 Å². The molecule has 3 heteroatoms. The maximum absolute atomic E-state index is 6.06. The van der Waals surface area contributed by atoms with Crippen LogP contribution in [0.15, 0.2) is 0 Å². The Balaban J connectivity index is 2.38. The van der Waals surface area contributed by atoms with Gasteiger partial charge in [0.25, 0.3) is 0 Å². The van der Waals surface area contributed by atoms with Crippen LogP contribution in [0.4, 0.5) is 0 Å². The predicted octanol–water partition coefficient (Wildman–Crippen LogP) is 2.20. The summed E-state index contributed by atoms with van der Waals surface area (Å²) >= 11 is 0. The van der Waals surface area contributed by atoms with Gasteiger partial charge in [-0.1, -0.05) is 13.8 Å². The van der Waals surface area contributed by atoms with Crippen molar-refractivity contribution in [3.63, 3.8) is 0 Å². The molecule has 1 saturated carbocycles. The van der Waals surface area contributed by atoms with Gasteiger partial charge in [-0.2, -0.15) is 0 Å². The van der Waals surface area contributed by atoms with Gasteiger partial charge < -0.3 is 14.8 Å². The highest BCUT2D eigenvalue weighted by Gasteiger charge is 2.50. The van der Waals surface area contributed by atoms with Gasteiger partial charge in [-0.25, -0.2) is 0 Å². The SMILES string of the molecule is CCOCC(C)OC1CC(NC)C1(C)CC. The Morgan fingerprint density at radius 2 is 2.12 bits per heavy atom. The molecule has 0 aromatic rings. The molecule has 0 saturated heterocycles. The number of hydrogen-bond acceptors (Lipinski definition) is 3. The molecule has 4 atom stereocenters. The Bertz CT molecular complexity index is 210. The van der Waals surface area contributed by atoms with Crippen molar-refractivity contribution in [3.8, 4) is 0 Å². The molecule has 4 unspecified atom stereocenters. The Morgan fingerprint density at radius 3 is 2.62 bits per heavy atom. The lowest BCUT2D eigenvalue weighted by molar-refractivity contribution is -0.162. The number of nitrogens with one attached hydrogen (secondary N) is 1. The van der Waals surface area contributed by atoms with Gasteiger partial charge in [0, 0.05) is 18.1 Å². The highest BCUT2D eigenvalue weighted by molar-refractivity contribution is 5.04. The molecular formula is C13H27NO2. The minimum absolute atomic E-state index is 0.202. The van der Waals surface area contributed by atoms with Crippen molar-refractivity contribution in [2.24, 2.45) is 5.41 Å². The zero-order valence-electron chi connectivity index (χ0n) is 11.4. The van der Waals surface area contributed by atoms with E-state index in [2.05, 4.69) is 26.1 Å². The summed E-state index contributed by atoms with van der Waals surface area (Å²) in [6.45, 7) is 10.1. The third-order valence-corrected chi connectivity index (χ3v) is 4.04. The van der Waals surface area contributed by atoms with Crippen molar-refractivity contribution in [3.05, 3.63) is 0 Å². The van der Waals surface area contributed by atoms with Crippen LogP contribution in [0.3, 0.4) is 0 Å². The van der Waals surface area contributed by atoms with Crippen LogP contribution in [0.25, 0.3) is 0 Å². The fourth-order valence-electron chi connectivity index (χ4n) is 2.55. The Labute approximate surface area is 99.9 Å². The van der Waals surface area contributed by atoms with E-state index in [9.17, 15) is 0 Å². The standard InChI is InChI=1S/C13H27NO2/c1-6-13(4)11(14-5)8-12(13)16-10(3)9-15-7-2/h10-12,14H,6-9H2,1-5H3. The number of hydrogen-bond donors (Lipinski definition) is 1. The van der Waals surface area contributed by atoms with Crippen LogP contribution in [-0.2, 0) is 9.47 Å². The van der Waals surface area contributed by atoms with Crippen LogP contribution in [0.1, 0.15) is 40.5 Å². The molecule has 0 bridgehead atoms. The Morgan fingerprint density at radius 1 is 1.44 bits per heavy atom. The second-order valence-electron chi connectivity index (χ2n) is 5.03. The molecule has 1 aliphatic carbocycles. The summed E-state index contributed by atoms with van der Waals surface area (Å²) in [6.07, 6.45) is 2.86. The molecule has 3 nitrogen and oxygen atoms in total. The summed E-state index contributed by atoms with van der Waals surface area (Å²) in [7, 11) is 2.04. The summed E-state index contributed by atoms with van der Waals surface area (Å²) in [6, 6.07) is 0.599. The summed E-state index contributed by atoms with van der Waals surface area (Å²) in [5, 5.41) is 3.38. The van der Waals surface area contributed by atoms with Crippen molar-refractivity contribution in [2.75, 3.05) is 20.3 Å². The number of ether oxygens (including phenoxy) is 2. The summed E-state index contributed by atoms with van der Waals surface area (Å²) in [5.74, 6) is 0.